The van der Waals surface area contributed by atoms with Gasteiger partial charge >= 0.3 is 0 Å². The minimum Gasteiger partial charge on any atom is -0.0712 e. The van der Waals surface area contributed by atoms with Crippen LogP contribution in [0.1, 0.15) is 62.3 Å². The average molecular weight is 222 g/mol. The van der Waals surface area contributed by atoms with Crippen molar-refractivity contribution in [2.45, 2.75) is 62.3 Å². The van der Waals surface area contributed by atoms with Crippen LogP contribution in [-0.2, 0) is 0 Å². The van der Waals surface area contributed by atoms with E-state index in [4.69, 9.17) is 0 Å². The zero-order valence-electron chi connectivity index (χ0n) is 12.7. The van der Waals surface area contributed by atoms with E-state index in [0.717, 1.165) is 0 Å². The lowest BCUT2D eigenvalue weighted by Gasteiger charge is -2.22. The molecule has 0 saturated heterocycles. The first-order valence-corrected chi connectivity index (χ1v) is 6.54. The maximum Gasteiger partial charge on any atom is -0.00216 e. The molecule has 0 aliphatic heterocycles. The average Bonchev–Trinajstić information content (AvgIpc) is 2.23. The van der Waals surface area contributed by atoms with Crippen LogP contribution in [0.15, 0.2) is 22.3 Å². The highest BCUT2D eigenvalue weighted by atomic mass is 14.2. The van der Waals surface area contributed by atoms with E-state index >= 15 is 0 Å². The Kier molecular flexibility index (Phi) is 6.07. The Hall–Kier alpha value is -0.520. The highest BCUT2D eigenvalue weighted by Gasteiger charge is 2.14. The third kappa shape index (κ3) is 3.81. The van der Waals surface area contributed by atoms with Gasteiger partial charge in [0.2, 0.25) is 0 Å². The van der Waals surface area contributed by atoms with Gasteiger partial charge in [0.15, 0.2) is 0 Å². The van der Waals surface area contributed by atoms with Crippen LogP contribution in [0.5, 0.6) is 0 Å². The molecule has 0 rings (SSSR count). The Morgan fingerprint density at radius 2 is 0.750 bits per heavy atom. The Labute approximate surface area is 103 Å². The van der Waals surface area contributed by atoms with Crippen LogP contribution in [0.25, 0.3) is 0 Å². The summed E-state index contributed by atoms with van der Waals surface area (Å²) in [6.45, 7) is 20.6. The van der Waals surface area contributed by atoms with E-state index < -0.39 is 0 Å². The maximum atomic E-state index is 2.34. The van der Waals surface area contributed by atoms with Gasteiger partial charge in [0.05, 0.1) is 0 Å². The molecule has 0 aromatic carbocycles. The van der Waals surface area contributed by atoms with E-state index in [0.29, 0.717) is 17.8 Å². The van der Waals surface area contributed by atoms with Crippen LogP contribution in [0, 0.1) is 17.8 Å². The lowest BCUT2D eigenvalue weighted by atomic mass is 9.84. The summed E-state index contributed by atoms with van der Waals surface area (Å²) in [7, 11) is 0. The van der Waals surface area contributed by atoms with Gasteiger partial charge in [-0.3, -0.25) is 0 Å². The molecular formula is C16H30. The predicted octanol–water partition coefficient (Wildman–Crippen LogP) is 5.61. The topological polar surface area (TPSA) is 0 Å². The maximum absolute atomic E-state index is 2.34. The Balaban J connectivity index is 5.16. The molecule has 0 radical (unpaired) electrons. The molecular weight excluding hydrogens is 192 g/mol. The van der Waals surface area contributed by atoms with Crippen molar-refractivity contribution >= 4 is 0 Å². The second-order valence-corrected chi connectivity index (χ2v) is 5.76. The molecule has 0 unspecified atom stereocenters. The first-order chi connectivity index (χ1) is 7.20. The van der Waals surface area contributed by atoms with E-state index in [9.17, 15) is 0 Å². The van der Waals surface area contributed by atoms with Crippen molar-refractivity contribution in [2.24, 2.45) is 17.8 Å². The largest absolute Gasteiger partial charge is 0.0712 e. The minimum atomic E-state index is 0.588. The first-order valence-electron chi connectivity index (χ1n) is 6.54. The Bertz CT molecular complexity index is 257. The van der Waals surface area contributed by atoms with E-state index in [2.05, 4.69) is 62.3 Å². The van der Waals surface area contributed by atoms with E-state index in [1.807, 2.05) is 0 Å². The standard InChI is InChI=1S/C16H30/c1-10(2)12(5)14(7)16(9)15(8)13(6)11(3)4/h10-11,16H,1-9H3. The van der Waals surface area contributed by atoms with Gasteiger partial charge in [-0.25, -0.2) is 0 Å². The third-order valence-electron chi connectivity index (χ3n) is 4.28. The lowest BCUT2D eigenvalue weighted by molar-refractivity contribution is 0.676. The summed E-state index contributed by atoms with van der Waals surface area (Å²) in [4.78, 5) is 0. The zero-order valence-corrected chi connectivity index (χ0v) is 12.7. The Morgan fingerprint density at radius 1 is 0.500 bits per heavy atom. The second-order valence-electron chi connectivity index (χ2n) is 5.76. The highest BCUT2D eigenvalue weighted by Crippen LogP contribution is 2.29. The van der Waals surface area contributed by atoms with Crippen LogP contribution >= 0.6 is 0 Å². The van der Waals surface area contributed by atoms with Crippen LogP contribution in [0.4, 0.5) is 0 Å². The van der Waals surface area contributed by atoms with E-state index in [1.165, 1.54) is 0 Å². The van der Waals surface area contributed by atoms with Gasteiger partial charge in [-0.15, -0.1) is 0 Å². The Morgan fingerprint density at radius 3 is 0.938 bits per heavy atom. The molecule has 0 amide bonds. The van der Waals surface area contributed by atoms with Crippen molar-refractivity contribution in [1.29, 1.82) is 0 Å². The molecule has 0 nitrogen and oxygen atoms in total. The monoisotopic (exact) mass is 222 g/mol. The summed E-state index contributed by atoms with van der Waals surface area (Å²) in [5, 5.41) is 0. The van der Waals surface area contributed by atoms with E-state index in [1.54, 1.807) is 22.3 Å². The summed E-state index contributed by atoms with van der Waals surface area (Å²) in [6.07, 6.45) is 0. The smallest absolute Gasteiger partial charge is 0.00216 e. The van der Waals surface area contributed by atoms with Gasteiger partial charge in [-0.2, -0.15) is 0 Å². The van der Waals surface area contributed by atoms with Crippen LogP contribution < -0.4 is 0 Å². The molecule has 0 fully saturated rings. The fraction of sp³-hybridized carbons (Fsp3) is 0.750. The number of hydrogen-bond donors (Lipinski definition) is 0. The van der Waals surface area contributed by atoms with Gasteiger partial charge in [0.25, 0.3) is 0 Å². The zero-order chi connectivity index (χ0) is 13.0. The van der Waals surface area contributed by atoms with Crippen molar-refractivity contribution in [3.05, 3.63) is 22.3 Å². The summed E-state index contributed by atoms with van der Waals surface area (Å²) >= 11 is 0. The molecule has 0 heteroatoms. The van der Waals surface area contributed by atoms with Gasteiger partial charge in [0, 0.05) is 0 Å². The minimum absolute atomic E-state index is 0.588. The number of hydrogen-bond acceptors (Lipinski definition) is 0. The molecule has 0 saturated carbocycles. The fourth-order valence-electron chi connectivity index (χ4n) is 1.92. The van der Waals surface area contributed by atoms with Crippen LogP contribution in [-0.4, -0.2) is 0 Å². The molecule has 16 heavy (non-hydrogen) atoms. The van der Waals surface area contributed by atoms with Crippen LogP contribution in [0.2, 0.25) is 0 Å². The van der Waals surface area contributed by atoms with Gasteiger partial charge in [-0.05, 0) is 45.4 Å². The number of rotatable bonds is 4. The second kappa shape index (κ2) is 6.27. The molecule has 0 aromatic heterocycles. The summed E-state index contributed by atoms with van der Waals surface area (Å²) in [5.41, 5.74) is 6.19. The van der Waals surface area contributed by atoms with Crippen LogP contribution in [0.3, 0.4) is 0 Å². The van der Waals surface area contributed by atoms with Crippen molar-refractivity contribution in [3.63, 3.8) is 0 Å². The molecule has 0 heterocycles. The third-order valence-corrected chi connectivity index (χ3v) is 4.28. The summed E-state index contributed by atoms with van der Waals surface area (Å²) < 4.78 is 0. The molecule has 0 spiro atoms. The molecule has 0 aliphatic carbocycles. The van der Waals surface area contributed by atoms with Gasteiger partial charge in [-0.1, -0.05) is 56.9 Å². The quantitative estimate of drug-likeness (QED) is 0.542. The molecule has 0 aromatic rings. The van der Waals surface area contributed by atoms with Crippen molar-refractivity contribution in [2.75, 3.05) is 0 Å². The van der Waals surface area contributed by atoms with E-state index in [-0.39, 0.29) is 0 Å². The molecule has 0 atom stereocenters. The highest BCUT2D eigenvalue weighted by molar-refractivity contribution is 5.26. The van der Waals surface area contributed by atoms with Crippen molar-refractivity contribution in [1.82, 2.24) is 0 Å². The SMILES string of the molecule is CC(=C(C)C(C)C(C)=C(C)C(C)C)C(C)C. The summed E-state index contributed by atoms with van der Waals surface area (Å²) in [6, 6.07) is 0. The normalized spacial score (nSPS) is 17.4. The molecule has 0 bridgehead atoms. The lowest BCUT2D eigenvalue weighted by Crippen LogP contribution is -2.07. The molecule has 0 N–H and O–H groups in total. The fourth-order valence-corrected chi connectivity index (χ4v) is 1.92. The first kappa shape index (κ1) is 15.5. The van der Waals surface area contributed by atoms with Gasteiger partial charge in [0.1, 0.15) is 0 Å². The van der Waals surface area contributed by atoms with Crippen molar-refractivity contribution in [3.8, 4) is 0 Å². The predicted molar refractivity (Wildman–Crippen MR) is 75.6 cm³/mol. The molecule has 94 valence electrons. The number of allylic oxidation sites excluding steroid dienone is 4. The summed E-state index contributed by atoms with van der Waals surface area (Å²) in [5.74, 6) is 1.91. The van der Waals surface area contributed by atoms with Gasteiger partial charge < -0.3 is 0 Å². The van der Waals surface area contributed by atoms with Crippen molar-refractivity contribution < 1.29 is 0 Å². The molecule has 0 aliphatic rings.